The summed E-state index contributed by atoms with van der Waals surface area (Å²) in [7, 11) is 0. The highest BCUT2D eigenvalue weighted by atomic mass is 32.1. The summed E-state index contributed by atoms with van der Waals surface area (Å²) in [4.78, 5) is 25.2. The third-order valence-corrected chi connectivity index (χ3v) is 5.30. The van der Waals surface area contributed by atoms with E-state index in [2.05, 4.69) is 22.6 Å². The van der Waals surface area contributed by atoms with Gasteiger partial charge in [-0.1, -0.05) is 35.5 Å². The van der Waals surface area contributed by atoms with Gasteiger partial charge >= 0.3 is 5.76 Å². The van der Waals surface area contributed by atoms with Crippen molar-refractivity contribution < 1.29 is 9.32 Å². The van der Waals surface area contributed by atoms with E-state index in [-0.39, 0.29) is 18.5 Å². The van der Waals surface area contributed by atoms with Crippen LogP contribution in [-0.2, 0) is 17.8 Å². The van der Waals surface area contributed by atoms with Crippen LogP contribution in [0.25, 0.3) is 10.7 Å². The Bertz CT molecular complexity index is 943. The van der Waals surface area contributed by atoms with Gasteiger partial charge in [0.2, 0.25) is 5.91 Å². The van der Waals surface area contributed by atoms with Gasteiger partial charge in [-0.25, -0.2) is 9.36 Å². The monoisotopic (exact) mass is 355 g/mol. The molecule has 2 heterocycles. The molecule has 2 aromatic heterocycles. The number of aromatic nitrogens is 2. The van der Waals surface area contributed by atoms with E-state index in [1.54, 1.807) is 0 Å². The van der Waals surface area contributed by atoms with Crippen LogP contribution in [0.2, 0.25) is 0 Å². The molecule has 0 aliphatic heterocycles. The van der Waals surface area contributed by atoms with Crippen molar-refractivity contribution in [1.29, 1.82) is 0 Å². The number of aryl methyl sites for hydroxylation is 1. The van der Waals surface area contributed by atoms with Crippen LogP contribution >= 0.6 is 11.3 Å². The highest BCUT2D eigenvalue weighted by Crippen LogP contribution is 2.29. The first kappa shape index (κ1) is 15.8. The van der Waals surface area contributed by atoms with Crippen molar-refractivity contribution in [3.05, 3.63) is 63.5 Å². The minimum absolute atomic E-state index is 0.0156. The minimum Gasteiger partial charge on any atom is -0.348 e. The first-order valence-corrected chi connectivity index (χ1v) is 9.08. The van der Waals surface area contributed by atoms with Gasteiger partial charge in [-0.05, 0) is 41.8 Å². The van der Waals surface area contributed by atoms with Crippen LogP contribution in [0.3, 0.4) is 0 Å². The number of thiophene rings is 1. The van der Waals surface area contributed by atoms with Crippen molar-refractivity contribution >= 4 is 17.2 Å². The van der Waals surface area contributed by atoms with Gasteiger partial charge in [0, 0.05) is 0 Å². The van der Waals surface area contributed by atoms with Crippen molar-refractivity contribution in [2.24, 2.45) is 0 Å². The molecule has 3 aromatic rings. The van der Waals surface area contributed by atoms with E-state index in [0.29, 0.717) is 5.82 Å². The number of nitrogens with zero attached hydrogens (tertiary/aromatic N) is 2. The molecule has 1 amide bonds. The van der Waals surface area contributed by atoms with Crippen LogP contribution in [0.4, 0.5) is 0 Å². The molecule has 0 fully saturated rings. The lowest BCUT2D eigenvalue weighted by molar-refractivity contribution is -0.122. The van der Waals surface area contributed by atoms with E-state index in [4.69, 9.17) is 4.52 Å². The lowest BCUT2D eigenvalue weighted by Crippen LogP contribution is -2.35. The molecule has 1 aliphatic carbocycles. The molecule has 0 spiro atoms. The Morgan fingerprint density at radius 1 is 1.32 bits per heavy atom. The standard InChI is InChI=1S/C18H17N3O3S/c22-16(19-14-8-3-6-12-5-1-2-7-13(12)14)11-21-17(20-24-18(21)23)15-9-4-10-25-15/h1-2,4-5,7,9-10,14H,3,6,8,11H2,(H,19,22)/t14-/m0/s1. The summed E-state index contributed by atoms with van der Waals surface area (Å²) in [5, 5.41) is 8.74. The fourth-order valence-electron chi connectivity index (χ4n) is 3.28. The number of rotatable bonds is 4. The molecule has 25 heavy (non-hydrogen) atoms. The van der Waals surface area contributed by atoms with Gasteiger partial charge in [0.05, 0.1) is 10.9 Å². The molecular formula is C18H17N3O3S. The molecule has 128 valence electrons. The Labute approximate surface area is 148 Å². The maximum absolute atomic E-state index is 12.5. The lowest BCUT2D eigenvalue weighted by Gasteiger charge is -2.26. The van der Waals surface area contributed by atoms with Crippen LogP contribution in [0.5, 0.6) is 0 Å². The molecule has 0 unspecified atom stereocenters. The summed E-state index contributed by atoms with van der Waals surface area (Å²) in [6.45, 7) is -0.103. The molecule has 0 bridgehead atoms. The second-order valence-corrected chi connectivity index (χ2v) is 6.99. The predicted molar refractivity (Wildman–Crippen MR) is 94.3 cm³/mol. The van der Waals surface area contributed by atoms with Gasteiger partial charge < -0.3 is 5.32 Å². The average molecular weight is 355 g/mol. The summed E-state index contributed by atoms with van der Waals surface area (Å²) in [5.74, 6) is -0.452. The van der Waals surface area contributed by atoms with E-state index in [1.165, 1.54) is 27.0 Å². The van der Waals surface area contributed by atoms with Gasteiger partial charge in [-0.3, -0.25) is 9.32 Å². The van der Waals surface area contributed by atoms with Gasteiger partial charge in [0.1, 0.15) is 6.54 Å². The normalized spacial score (nSPS) is 16.4. The van der Waals surface area contributed by atoms with Crippen LogP contribution < -0.4 is 11.1 Å². The molecule has 7 heteroatoms. The van der Waals surface area contributed by atoms with Gasteiger partial charge in [0.25, 0.3) is 0 Å². The Hall–Kier alpha value is -2.67. The topological polar surface area (TPSA) is 77.1 Å². The van der Waals surface area contributed by atoms with Crippen LogP contribution in [-0.4, -0.2) is 15.6 Å². The summed E-state index contributed by atoms with van der Waals surface area (Å²) in [6, 6.07) is 11.9. The number of carbonyl (C=O) groups excluding carboxylic acids is 1. The molecule has 1 aromatic carbocycles. The maximum atomic E-state index is 12.5. The van der Waals surface area contributed by atoms with Crippen molar-refractivity contribution in [2.45, 2.75) is 31.8 Å². The lowest BCUT2D eigenvalue weighted by atomic mass is 9.88. The van der Waals surface area contributed by atoms with E-state index < -0.39 is 5.76 Å². The Balaban J connectivity index is 1.53. The first-order valence-electron chi connectivity index (χ1n) is 8.20. The minimum atomic E-state index is -0.623. The number of carbonyl (C=O) groups is 1. The smallest absolute Gasteiger partial charge is 0.348 e. The molecule has 6 nitrogen and oxygen atoms in total. The van der Waals surface area contributed by atoms with Crippen molar-refractivity contribution in [1.82, 2.24) is 15.0 Å². The largest absolute Gasteiger partial charge is 0.442 e. The summed E-state index contributed by atoms with van der Waals surface area (Å²) >= 11 is 1.44. The predicted octanol–water partition coefficient (Wildman–Crippen LogP) is 2.76. The van der Waals surface area contributed by atoms with Gasteiger partial charge in [-0.2, -0.15) is 0 Å². The van der Waals surface area contributed by atoms with E-state index in [9.17, 15) is 9.59 Å². The Morgan fingerprint density at radius 2 is 2.20 bits per heavy atom. The molecule has 0 saturated heterocycles. The van der Waals surface area contributed by atoms with E-state index in [1.807, 2.05) is 29.6 Å². The van der Waals surface area contributed by atoms with Crippen molar-refractivity contribution in [3.63, 3.8) is 0 Å². The highest BCUT2D eigenvalue weighted by molar-refractivity contribution is 7.13. The molecule has 0 radical (unpaired) electrons. The maximum Gasteiger partial charge on any atom is 0.442 e. The zero-order valence-electron chi connectivity index (χ0n) is 13.5. The molecule has 1 atom stereocenters. The third kappa shape index (κ3) is 3.15. The summed E-state index contributed by atoms with van der Waals surface area (Å²) < 4.78 is 6.02. The number of hydrogen-bond acceptors (Lipinski definition) is 5. The number of benzene rings is 1. The second-order valence-electron chi connectivity index (χ2n) is 6.05. The molecule has 4 rings (SSSR count). The Morgan fingerprint density at radius 3 is 3.04 bits per heavy atom. The van der Waals surface area contributed by atoms with Crippen LogP contribution in [0, 0.1) is 0 Å². The summed E-state index contributed by atoms with van der Waals surface area (Å²) in [6.07, 6.45) is 2.98. The van der Waals surface area contributed by atoms with E-state index in [0.717, 1.165) is 24.1 Å². The van der Waals surface area contributed by atoms with Crippen molar-refractivity contribution in [2.75, 3.05) is 0 Å². The molecule has 0 saturated carbocycles. The average Bonchev–Trinajstić information content (AvgIpc) is 3.26. The number of nitrogens with one attached hydrogen (secondary N) is 1. The number of amides is 1. The third-order valence-electron chi connectivity index (χ3n) is 4.43. The van der Waals surface area contributed by atoms with E-state index >= 15 is 0 Å². The summed E-state index contributed by atoms with van der Waals surface area (Å²) in [5.41, 5.74) is 2.44. The Kier molecular flexibility index (Phi) is 4.23. The molecule has 1 aliphatic rings. The number of fused-ring (bicyclic) bond motifs is 1. The first-order chi connectivity index (χ1) is 12.2. The zero-order chi connectivity index (χ0) is 17.2. The van der Waals surface area contributed by atoms with Crippen LogP contribution in [0.15, 0.2) is 51.1 Å². The van der Waals surface area contributed by atoms with Gasteiger partial charge in [-0.15, -0.1) is 11.3 Å². The fraction of sp³-hybridized carbons (Fsp3) is 0.278. The molecule has 1 N–H and O–H groups in total. The molecular weight excluding hydrogens is 338 g/mol. The highest BCUT2D eigenvalue weighted by Gasteiger charge is 2.23. The number of hydrogen-bond donors (Lipinski definition) is 1. The van der Waals surface area contributed by atoms with Gasteiger partial charge in [0.15, 0.2) is 5.82 Å². The zero-order valence-corrected chi connectivity index (χ0v) is 14.3. The van der Waals surface area contributed by atoms with Crippen molar-refractivity contribution in [3.8, 4) is 10.7 Å². The van der Waals surface area contributed by atoms with Crippen LogP contribution in [0.1, 0.15) is 30.0 Å². The quantitative estimate of drug-likeness (QED) is 0.781. The SMILES string of the molecule is O=C(Cn1c(-c2cccs2)noc1=O)N[C@H]1CCCc2ccccc21. The fourth-order valence-corrected chi connectivity index (χ4v) is 3.99. The second kappa shape index (κ2) is 6.68.